The lowest BCUT2D eigenvalue weighted by Crippen LogP contribution is -2.22. The lowest BCUT2D eigenvalue weighted by Gasteiger charge is -2.11. The van der Waals surface area contributed by atoms with Gasteiger partial charge in [0.15, 0.2) is 11.5 Å². The zero-order valence-corrected chi connectivity index (χ0v) is 17.2. The Morgan fingerprint density at radius 3 is 2.33 bits per heavy atom. The van der Waals surface area contributed by atoms with Crippen molar-refractivity contribution < 1.29 is 24.1 Å². The fourth-order valence-corrected chi connectivity index (χ4v) is 3.71. The molecule has 0 N–H and O–H groups in total. The second-order valence-corrected chi connectivity index (χ2v) is 7.60. The van der Waals surface area contributed by atoms with Gasteiger partial charge in [-0.3, -0.25) is 29.9 Å². The van der Waals surface area contributed by atoms with Crippen LogP contribution in [-0.4, -0.2) is 39.1 Å². The maximum atomic E-state index is 12.2. The molecule has 0 saturated carbocycles. The minimum atomic E-state index is -0.773. The van der Waals surface area contributed by atoms with Crippen LogP contribution in [0.3, 0.4) is 0 Å². The topological polar surface area (TPSA) is 125 Å². The summed E-state index contributed by atoms with van der Waals surface area (Å²) in [6, 6.07) is 7.85. The first kappa shape index (κ1) is 21.2. The summed E-state index contributed by atoms with van der Waals surface area (Å²) in [6.07, 6.45) is 1.61. The Balaban J connectivity index is 2.00. The van der Waals surface area contributed by atoms with Gasteiger partial charge in [0, 0.05) is 13.1 Å². The number of ether oxygens (including phenoxy) is 2. The summed E-state index contributed by atoms with van der Waals surface area (Å²) in [5.74, 6) is -0.0201. The van der Waals surface area contributed by atoms with Crippen molar-refractivity contribution in [2.75, 3.05) is 14.2 Å². The lowest BCUT2D eigenvalue weighted by atomic mass is 10.1. The number of thiocarbonyl (C=S) groups is 1. The molecule has 0 atom stereocenters. The van der Waals surface area contributed by atoms with Gasteiger partial charge in [-0.2, -0.15) is 0 Å². The average Bonchev–Trinajstić information content (AvgIpc) is 2.94. The number of thioether (sulfide) groups is 1. The summed E-state index contributed by atoms with van der Waals surface area (Å²) in [7, 11) is 2.98. The monoisotopic (exact) mass is 447 g/mol. The molecule has 0 aromatic heterocycles. The third-order valence-electron chi connectivity index (χ3n) is 4.04. The summed E-state index contributed by atoms with van der Waals surface area (Å²) in [5, 5.41) is 22.2. The molecule has 1 amide bonds. The van der Waals surface area contributed by atoms with E-state index in [9.17, 15) is 25.0 Å². The second-order valence-electron chi connectivity index (χ2n) is 5.92. The molecule has 3 rings (SSSR count). The van der Waals surface area contributed by atoms with Gasteiger partial charge in [0.1, 0.15) is 4.32 Å². The number of nitro benzene ring substituents is 2. The van der Waals surface area contributed by atoms with Gasteiger partial charge in [0.25, 0.3) is 11.6 Å². The number of carbonyl (C=O) groups is 1. The van der Waals surface area contributed by atoms with Crippen LogP contribution in [0.2, 0.25) is 0 Å². The molecule has 1 fully saturated rings. The number of carbonyl (C=O) groups excluding carboxylic acids is 1. The molecule has 0 aliphatic carbocycles. The fourth-order valence-electron chi connectivity index (χ4n) is 2.53. The van der Waals surface area contributed by atoms with E-state index in [-0.39, 0.29) is 23.2 Å². The highest BCUT2D eigenvalue weighted by molar-refractivity contribution is 8.26. The van der Waals surface area contributed by atoms with Gasteiger partial charge in [-0.15, -0.1) is 0 Å². The summed E-state index contributed by atoms with van der Waals surface area (Å²) in [6.45, 7) is 0. The van der Waals surface area contributed by atoms with Crippen LogP contribution in [0.4, 0.5) is 11.4 Å². The highest BCUT2D eigenvalue weighted by atomic mass is 32.2. The number of amides is 1. The molecular weight excluding hydrogens is 434 g/mol. The Kier molecular flexibility index (Phi) is 5.99. The van der Waals surface area contributed by atoms with Gasteiger partial charge in [-0.25, -0.2) is 0 Å². The van der Waals surface area contributed by atoms with Crippen molar-refractivity contribution in [3.63, 3.8) is 0 Å². The molecule has 1 aliphatic rings. The van der Waals surface area contributed by atoms with Crippen LogP contribution in [-0.2, 0) is 4.79 Å². The van der Waals surface area contributed by atoms with Crippen LogP contribution >= 0.6 is 24.0 Å². The average molecular weight is 447 g/mol. The third kappa shape index (κ3) is 4.23. The van der Waals surface area contributed by atoms with Crippen LogP contribution in [0, 0.1) is 20.2 Å². The van der Waals surface area contributed by atoms with Gasteiger partial charge in [0.2, 0.25) is 5.75 Å². The standard InChI is InChI=1S/C18H13N3O7S2/c1-19-17(22)16(30-18(19)29)8-10-3-5-14(27-2)15(7-10)28-13-6-4-11(20(23)24)9-12(13)21(25)26/h3-9H,1-2H3/b16-8-. The molecule has 1 saturated heterocycles. The van der Waals surface area contributed by atoms with Gasteiger partial charge in [-0.05, 0) is 29.8 Å². The molecule has 10 nitrogen and oxygen atoms in total. The van der Waals surface area contributed by atoms with Crippen molar-refractivity contribution in [1.29, 1.82) is 0 Å². The highest BCUT2D eigenvalue weighted by Crippen LogP contribution is 2.39. The number of non-ortho nitro benzene ring substituents is 1. The van der Waals surface area contributed by atoms with Crippen molar-refractivity contribution >= 4 is 51.7 Å². The maximum Gasteiger partial charge on any atom is 0.318 e. The van der Waals surface area contributed by atoms with Crippen molar-refractivity contribution in [2.45, 2.75) is 0 Å². The molecule has 1 heterocycles. The van der Waals surface area contributed by atoms with Crippen molar-refractivity contribution in [2.24, 2.45) is 0 Å². The van der Waals surface area contributed by atoms with Gasteiger partial charge < -0.3 is 9.47 Å². The number of benzene rings is 2. The predicted molar refractivity (Wildman–Crippen MR) is 114 cm³/mol. The first-order valence-corrected chi connectivity index (χ1v) is 9.44. The summed E-state index contributed by atoms with van der Waals surface area (Å²) in [5.41, 5.74) is -0.427. The Bertz CT molecular complexity index is 1120. The van der Waals surface area contributed by atoms with E-state index in [0.29, 0.717) is 14.8 Å². The number of likely N-dealkylation sites (N-methyl/N-ethyl adjacent to an activating group) is 1. The Morgan fingerprint density at radius 2 is 1.77 bits per heavy atom. The first-order chi connectivity index (χ1) is 14.2. The number of rotatable bonds is 6. The fraction of sp³-hybridized carbons (Fsp3) is 0.111. The van der Waals surface area contributed by atoms with E-state index in [1.165, 1.54) is 18.1 Å². The predicted octanol–water partition coefficient (Wildman–Crippen LogP) is 4.13. The van der Waals surface area contributed by atoms with E-state index in [0.717, 1.165) is 30.0 Å². The number of nitro groups is 2. The molecule has 0 radical (unpaired) electrons. The summed E-state index contributed by atoms with van der Waals surface area (Å²) >= 11 is 6.25. The summed E-state index contributed by atoms with van der Waals surface area (Å²) < 4.78 is 11.3. The second kappa shape index (κ2) is 8.47. The smallest absolute Gasteiger partial charge is 0.318 e. The molecule has 2 aromatic rings. The normalized spacial score (nSPS) is 14.9. The first-order valence-electron chi connectivity index (χ1n) is 8.21. The number of nitrogens with zero attached hydrogens (tertiary/aromatic N) is 3. The molecule has 0 spiro atoms. The molecule has 12 heteroatoms. The Labute approximate surface area is 179 Å². The highest BCUT2D eigenvalue weighted by Gasteiger charge is 2.29. The van der Waals surface area contributed by atoms with E-state index in [4.69, 9.17) is 21.7 Å². The molecule has 30 heavy (non-hydrogen) atoms. The van der Waals surface area contributed by atoms with Crippen molar-refractivity contribution in [3.8, 4) is 17.2 Å². The van der Waals surface area contributed by atoms with Crippen LogP contribution < -0.4 is 9.47 Å². The van der Waals surface area contributed by atoms with E-state index in [1.54, 1.807) is 25.3 Å². The SMILES string of the molecule is COc1ccc(/C=C2\SC(=S)N(C)C2=O)cc1Oc1ccc([N+](=O)[O-])cc1[N+](=O)[O-]. The molecule has 1 aliphatic heterocycles. The number of hydrogen-bond acceptors (Lipinski definition) is 9. The van der Waals surface area contributed by atoms with Crippen LogP contribution in [0.15, 0.2) is 41.3 Å². The van der Waals surface area contributed by atoms with Gasteiger partial charge in [-0.1, -0.05) is 30.0 Å². The minimum absolute atomic E-state index is 0.134. The maximum absolute atomic E-state index is 12.2. The Morgan fingerprint density at radius 1 is 1.07 bits per heavy atom. The van der Waals surface area contributed by atoms with Crippen LogP contribution in [0.5, 0.6) is 17.2 Å². The van der Waals surface area contributed by atoms with Gasteiger partial charge in [0.05, 0.1) is 27.9 Å². The largest absolute Gasteiger partial charge is 0.493 e. The quantitative estimate of drug-likeness (QED) is 0.278. The molecular formula is C18H13N3O7S2. The van der Waals surface area contributed by atoms with Crippen LogP contribution in [0.25, 0.3) is 6.08 Å². The van der Waals surface area contributed by atoms with Crippen LogP contribution in [0.1, 0.15) is 5.56 Å². The molecule has 2 aromatic carbocycles. The third-order valence-corrected chi connectivity index (χ3v) is 5.53. The number of hydrogen-bond donors (Lipinski definition) is 0. The van der Waals surface area contributed by atoms with Gasteiger partial charge >= 0.3 is 5.69 Å². The van der Waals surface area contributed by atoms with E-state index in [1.807, 2.05) is 0 Å². The van der Waals surface area contributed by atoms with Crippen molar-refractivity contribution in [3.05, 3.63) is 67.1 Å². The van der Waals surface area contributed by atoms with E-state index >= 15 is 0 Å². The minimum Gasteiger partial charge on any atom is -0.493 e. The molecule has 154 valence electrons. The van der Waals surface area contributed by atoms with Crippen molar-refractivity contribution in [1.82, 2.24) is 4.90 Å². The zero-order valence-electron chi connectivity index (χ0n) is 15.6. The summed E-state index contributed by atoms with van der Waals surface area (Å²) in [4.78, 5) is 34.7. The lowest BCUT2D eigenvalue weighted by molar-refractivity contribution is -0.394. The zero-order chi connectivity index (χ0) is 22.0. The Hall–Kier alpha value is -3.51. The van der Waals surface area contributed by atoms with E-state index < -0.39 is 21.2 Å². The van der Waals surface area contributed by atoms with E-state index in [2.05, 4.69) is 0 Å². The molecule has 0 unspecified atom stereocenters. The molecule has 0 bridgehead atoms. The number of methoxy groups -OCH3 is 1.